The molecular formula is C39H23N3O. The molecular weight excluding hydrogens is 526 g/mol. The van der Waals surface area contributed by atoms with Gasteiger partial charge in [-0.25, -0.2) is 4.98 Å². The van der Waals surface area contributed by atoms with Gasteiger partial charge in [-0.2, -0.15) is 0 Å². The molecule has 0 saturated carbocycles. The van der Waals surface area contributed by atoms with Gasteiger partial charge in [0.1, 0.15) is 16.7 Å². The zero-order valence-corrected chi connectivity index (χ0v) is 23.0. The molecule has 0 spiro atoms. The molecule has 0 aliphatic heterocycles. The van der Waals surface area contributed by atoms with E-state index in [0.717, 1.165) is 66.3 Å². The van der Waals surface area contributed by atoms with Crippen LogP contribution < -0.4 is 0 Å². The van der Waals surface area contributed by atoms with Crippen LogP contribution in [0.15, 0.2) is 144 Å². The Morgan fingerprint density at radius 3 is 1.84 bits per heavy atom. The van der Waals surface area contributed by atoms with Gasteiger partial charge in [0.05, 0.1) is 22.1 Å². The van der Waals surface area contributed by atoms with Gasteiger partial charge in [-0.15, -0.1) is 0 Å². The van der Waals surface area contributed by atoms with Crippen LogP contribution in [0.25, 0.3) is 88.1 Å². The molecule has 0 aliphatic rings. The molecule has 4 heterocycles. The fourth-order valence-corrected chi connectivity index (χ4v) is 6.98. The van der Waals surface area contributed by atoms with Crippen molar-refractivity contribution < 1.29 is 4.42 Å². The van der Waals surface area contributed by atoms with Crippen LogP contribution in [-0.4, -0.2) is 14.0 Å². The van der Waals surface area contributed by atoms with Crippen molar-refractivity contribution in [3.8, 4) is 16.8 Å². The minimum atomic E-state index is 0.871. The molecule has 0 fully saturated rings. The quantitative estimate of drug-likeness (QED) is 0.215. The largest absolute Gasteiger partial charge is 0.454 e. The Bertz CT molecular complexity index is 2670. The summed E-state index contributed by atoms with van der Waals surface area (Å²) in [4.78, 5) is 5.06. The summed E-state index contributed by atoms with van der Waals surface area (Å²) in [7, 11) is 0. The average Bonchev–Trinajstić information content (AvgIpc) is 3.75. The van der Waals surface area contributed by atoms with Gasteiger partial charge in [0, 0.05) is 32.6 Å². The minimum Gasteiger partial charge on any atom is -0.454 e. The van der Waals surface area contributed by atoms with Crippen molar-refractivity contribution in [1.82, 2.24) is 14.0 Å². The van der Waals surface area contributed by atoms with E-state index in [4.69, 9.17) is 9.40 Å². The van der Waals surface area contributed by atoms with E-state index in [1.807, 2.05) is 6.07 Å². The van der Waals surface area contributed by atoms with E-state index in [0.29, 0.717) is 0 Å². The Morgan fingerprint density at radius 1 is 0.488 bits per heavy atom. The van der Waals surface area contributed by atoms with E-state index in [1.54, 1.807) is 0 Å². The topological polar surface area (TPSA) is 35.4 Å². The summed E-state index contributed by atoms with van der Waals surface area (Å²) in [5.41, 5.74) is 11.7. The number of benzene rings is 6. The summed E-state index contributed by atoms with van der Waals surface area (Å²) in [6.07, 6.45) is 0. The van der Waals surface area contributed by atoms with Gasteiger partial charge < -0.3 is 8.98 Å². The standard InChI is InChI=1S/C39H23N3O/c1-2-12-30-29(11-1)38-37(42-35-16-8-5-13-32(35)40-39(30)42)31-23-25(19-22-36(31)43-38)24-17-20-26(21-18-24)41-33-14-6-3-9-27(33)28-10-4-7-15-34(28)41/h1-23H. The molecule has 0 bridgehead atoms. The van der Waals surface area contributed by atoms with Gasteiger partial charge in [0.15, 0.2) is 5.58 Å². The Kier molecular flexibility index (Phi) is 4.42. The molecule has 0 atom stereocenters. The number of para-hydroxylation sites is 4. The summed E-state index contributed by atoms with van der Waals surface area (Å²) in [6.45, 7) is 0. The first kappa shape index (κ1) is 22.8. The molecule has 0 amide bonds. The maximum absolute atomic E-state index is 6.58. The lowest BCUT2D eigenvalue weighted by molar-refractivity contribution is 0.672. The average molecular weight is 550 g/mol. The molecule has 0 radical (unpaired) electrons. The summed E-state index contributed by atoms with van der Waals surface area (Å²) in [6, 6.07) is 49.4. The fraction of sp³-hybridized carbons (Fsp3) is 0. The number of fused-ring (bicyclic) bond motifs is 13. The van der Waals surface area contributed by atoms with Crippen molar-refractivity contribution in [3.63, 3.8) is 0 Å². The molecule has 6 aromatic carbocycles. The zero-order valence-electron chi connectivity index (χ0n) is 23.0. The monoisotopic (exact) mass is 549 g/mol. The predicted molar refractivity (Wildman–Crippen MR) is 177 cm³/mol. The predicted octanol–water partition coefficient (Wildman–Crippen LogP) is 10.3. The van der Waals surface area contributed by atoms with Crippen molar-refractivity contribution >= 4 is 71.3 Å². The number of hydrogen-bond donors (Lipinski definition) is 0. The lowest BCUT2D eigenvalue weighted by Gasteiger charge is -2.09. The third-order valence-corrected chi connectivity index (χ3v) is 8.90. The van der Waals surface area contributed by atoms with Crippen molar-refractivity contribution in [2.45, 2.75) is 0 Å². The van der Waals surface area contributed by atoms with E-state index >= 15 is 0 Å². The molecule has 200 valence electrons. The van der Waals surface area contributed by atoms with Crippen LogP contribution in [0.5, 0.6) is 0 Å². The highest BCUT2D eigenvalue weighted by Gasteiger charge is 2.19. The van der Waals surface area contributed by atoms with E-state index in [1.165, 1.54) is 21.8 Å². The second-order valence-electron chi connectivity index (χ2n) is 11.2. The normalized spacial score (nSPS) is 12.2. The van der Waals surface area contributed by atoms with Crippen LogP contribution in [-0.2, 0) is 0 Å². The maximum Gasteiger partial charge on any atom is 0.160 e. The smallest absolute Gasteiger partial charge is 0.160 e. The highest BCUT2D eigenvalue weighted by atomic mass is 16.3. The van der Waals surface area contributed by atoms with E-state index < -0.39 is 0 Å². The lowest BCUT2D eigenvalue weighted by Crippen LogP contribution is -1.93. The van der Waals surface area contributed by atoms with E-state index in [2.05, 4.69) is 142 Å². The van der Waals surface area contributed by atoms with Gasteiger partial charge >= 0.3 is 0 Å². The number of imidazole rings is 1. The molecule has 0 aliphatic carbocycles. The Hall–Kier alpha value is -5.87. The van der Waals surface area contributed by atoms with Gasteiger partial charge in [0.25, 0.3) is 0 Å². The van der Waals surface area contributed by atoms with Crippen LogP contribution in [0.3, 0.4) is 0 Å². The van der Waals surface area contributed by atoms with Gasteiger partial charge in [-0.05, 0) is 59.7 Å². The first-order valence-corrected chi connectivity index (χ1v) is 14.6. The van der Waals surface area contributed by atoms with Crippen molar-refractivity contribution in [1.29, 1.82) is 0 Å². The molecule has 43 heavy (non-hydrogen) atoms. The van der Waals surface area contributed by atoms with E-state index in [9.17, 15) is 0 Å². The number of rotatable bonds is 2. The van der Waals surface area contributed by atoms with E-state index in [-0.39, 0.29) is 0 Å². The number of aromatic nitrogens is 3. The molecule has 10 rings (SSSR count). The molecule has 10 aromatic rings. The molecule has 4 aromatic heterocycles. The summed E-state index contributed by atoms with van der Waals surface area (Å²) < 4.78 is 11.2. The van der Waals surface area contributed by atoms with Crippen LogP contribution in [0.4, 0.5) is 0 Å². The first-order chi connectivity index (χ1) is 21.3. The SMILES string of the molecule is c1ccc2c(c1)nc1c3ccccc3c3oc4ccc(-c5ccc(-n6c7ccccc7c7ccccc76)cc5)cc4c3n21. The second-order valence-corrected chi connectivity index (χ2v) is 11.2. The lowest BCUT2D eigenvalue weighted by atomic mass is 10.0. The molecule has 0 unspecified atom stereocenters. The first-order valence-electron chi connectivity index (χ1n) is 14.6. The van der Waals surface area contributed by atoms with Gasteiger partial charge in [0.2, 0.25) is 0 Å². The third kappa shape index (κ3) is 3.07. The fourth-order valence-electron chi connectivity index (χ4n) is 6.98. The number of furan rings is 1. The Labute approximate surface area is 245 Å². The van der Waals surface area contributed by atoms with Gasteiger partial charge in [-0.3, -0.25) is 4.40 Å². The summed E-state index contributed by atoms with van der Waals surface area (Å²) in [5.74, 6) is 0. The highest BCUT2D eigenvalue weighted by Crippen LogP contribution is 2.40. The summed E-state index contributed by atoms with van der Waals surface area (Å²) in [5, 5.41) is 5.79. The van der Waals surface area contributed by atoms with Crippen LogP contribution >= 0.6 is 0 Å². The minimum absolute atomic E-state index is 0.871. The number of pyridine rings is 1. The number of nitrogens with zero attached hydrogens (tertiary/aromatic N) is 3. The zero-order chi connectivity index (χ0) is 28.1. The van der Waals surface area contributed by atoms with Crippen molar-refractivity contribution in [2.24, 2.45) is 0 Å². The third-order valence-electron chi connectivity index (χ3n) is 8.90. The van der Waals surface area contributed by atoms with Crippen LogP contribution in [0, 0.1) is 0 Å². The Balaban J connectivity index is 1.20. The molecule has 0 N–H and O–H groups in total. The highest BCUT2D eigenvalue weighted by molar-refractivity contribution is 6.19. The van der Waals surface area contributed by atoms with Crippen LogP contribution in [0.1, 0.15) is 0 Å². The van der Waals surface area contributed by atoms with Gasteiger partial charge in [-0.1, -0.05) is 91.0 Å². The molecule has 4 heteroatoms. The molecule has 0 saturated heterocycles. The molecule has 4 nitrogen and oxygen atoms in total. The maximum atomic E-state index is 6.58. The van der Waals surface area contributed by atoms with Crippen molar-refractivity contribution in [3.05, 3.63) is 140 Å². The van der Waals surface area contributed by atoms with Crippen LogP contribution in [0.2, 0.25) is 0 Å². The summed E-state index contributed by atoms with van der Waals surface area (Å²) >= 11 is 0. The number of hydrogen-bond acceptors (Lipinski definition) is 2. The van der Waals surface area contributed by atoms with Crippen molar-refractivity contribution in [2.75, 3.05) is 0 Å². The Morgan fingerprint density at radius 2 is 1.09 bits per heavy atom. The second kappa shape index (κ2) is 8.34.